The van der Waals surface area contributed by atoms with Gasteiger partial charge in [-0.2, -0.15) is 0 Å². The van der Waals surface area contributed by atoms with Crippen LogP contribution in [-0.4, -0.2) is 11.1 Å². The molecule has 0 aliphatic carbocycles. The fraction of sp³-hybridized carbons (Fsp3) is 0.105. The van der Waals surface area contributed by atoms with Crippen LogP contribution in [0.25, 0.3) is 10.8 Å². The molecule has 0 fully saturated rings. The second-order valence-corrected chi connectivity index (χ2v) is 5.30. The minimum Gasteiger partial charge on any atom is -0.392 e. The number of hydrogen-bond donors (Lipinski definition) is 3. The van der Waals surface area contributed by atoms with Crippen molar-refractivity contribution in [3.8, 4) is 0 Å². The highest BCUT2D eigenvalue weighted by atomic mass is 16.3. The highest BCUT2D eigenvalue weighted by Gasteiger charge is 2.05. The van der Waals surface area contributed by atoms with Gasteiger partial charge in [-0.25, -0.2) is 4.79 Å². The molecule has 3 N–H and O–H groups in total. The zero-order valence-electron chi connectivity index (χ0n) is 12.6. The first-order valence-electron chi connectivity index (χ1n) is 7.47. The van der Waals surface area contributed by atoms with E-state index in [0.717, 1.165) is 27.6 Å². The number of aliphatic hydroxyl groups is 1. The highest BCUT2D eigenvalue weighted by Crippen LogP contribution is 2.18. The normalized spacial score (nSPS) is 10.5. The van der Waals surface area contributed by atoms with Crippen molar-refractivity contribution in [2.75, 3.05) is 5.32 Å². The summed E-state index contributed by atoms with van der Waals surface area (Å²) < 4.78 is 0. The zero-order chi connectivity index (χ0) is 16.1. The molecule has 0 aliphatic rings. The summed E-state index contributed by atoms with van der Waals surface area (Å²) >= 11 is 0. The van der Waals surface area contributed by atoms with Crippen molar-refractivity contribution in [3.05, 3.63) is 77.9 Å². The van der Waals surface area contributed by atoms with E-state index in [4.69, 9.17) is 0 Å². The van der Waals surface area contributed by atoms with E-state index in [0.29, 0.717) is 6.54 Å². The van der Waals surface area contributed by atoms with Gasteiger partial charge in [0.15, 0.2) is 0 Å². The fourth-order valence-corrected chi connectivity index (χ4v) is 2.50. The molecule has 0 radical (unpaired) electrons. The Labute approximate surface area is 134 Å². The quantitative estimate of drug-likeness (QED) is 0.689. The smallest absolute Gasteiger partial charge is 0.319 e. The molecule has 2 amide bonds. The Morgan fingerprint density at radius 2 is 1.57 bits per heavy atom. The predicted octanol–water partition coefficient (Wildman–Crippen LogP) is 3.65. The molecule has 0 saturated carbocycles. The molecule has 0 spiro atoms. The number of hydrogen-bond acceptors (Lipinski definition) is 2. The third-order valence-corrected chi connectivity index (χ3v) is 3.74. The lowest BCUT2D eigenvalue weighted by molar-refractivity contribution is 0.251. The molecular formula is C19H18N2O2. The first-order chi connectivity index (χ1) is 11.3. The van der Waals surface area contributed by atoms with Gasteiger partial charge in [0, 0.05) is 12.2 Å². The number of aliphatic hydroxyl groups excluding tert-OH is 1. The van der Waals surface area contributed by atoms with Gasteiger partial charge in [0.25, 0.3) is 0 Å². The number of urea groups is 1. The molecule has 0 unspecified atom stereocenters. The standard InChI is InChI=1S/C19H18N2O2/c22-13-17-8-4-3-7-16(17)12-20-19(23)21-18-10-9-14-5-1-2-6-15(14)11-18/h1-11,22H,12-13H2,(H2,20,21,23). The summed E-state index contributed by atoms with van der Waals surface area (Å²) in [5.41, 5.74) is 2.47. The van der Waals surface area contributed by atoms with E-state index in [2.05, 4.69) is 10.6 Å². The van der Waals surface area contributed by atoms with Crippen LogP contribution in [0.2, 0.25) is 0 Å². The molecule has 3 aromatic carbocycles. The summed E-state index contributed by atoms with van der Waals surface area (Å²) in [5.74, 6) is 0. The van der Waals surface area contributed by atoms with Crippen molar-refractivity contribution >= 4 is 22.5 Å². The third kappa shape index (κ3) is 3.67. The maximum absolute atomic E-state index is 12.0. The molecule has 0 aromatic heterocycles. The van der Waals surface area contributed by atoms with Crippen molar-refractivity contribution < 1.29 is 9.90 Å². The van der Waals surface area contributed by atoms with E-state index in [1.54, 1.807) is 0 Å². The van der Waals surface area contributed by atoms with Crippen LogP contribution in [0.5, 0.6) is 0 Å². The Balaban J connectivity index is 1.64. The maximum atomic E-state index is 12.0. The van der Waals surface area contributed by atoms with Gasteiger partial charge < -0.3 is 15.7 Å². The summed E-state index contributed by atoms with van der Waals surface area (Å²) in [7, 11) is 0. The summed E-state index contributed by atoms with van der Waals surface area (Å²) in [5, 5.41) is 17.1. The molecule has 3 rings (SSSR count). The summed E-state index contributed by atoms with van der Waals surface area (Å²) in [6.07, 6.45) is 0. The van der Waals surface area contributed by atoms with Crippen LogP contribution in [0.3, 0.4) is 0 Å². The maximum Gasteiger partial charge on any atom is 0.319 e. The number of amides is 2. The van der Waals surface area contributed by atoms with Crippen molar-refractivity contribution in [1.29, 1.82) is 0 Å². The predicted molar refractivity (Wildman–Crippen MR) is 92.2 cm³/mol. The van der Waals surface area contributed by atoms with E-state index in [-0.39, 0.29) is 12.6 Å². The number of carbonyl (C=O) groups is 1. The van der Waals surface area contributed by atoms with Crippen LogP contribution < -0.4 is 10.6 Å². The molecule has 116 valence electrons. The lowest BCUT2D eigenvalue weighted by Crippen LogP contribution is -2.28. The van der Waals surface area contributed by atoms with Crippen molar-refractivity contribution in [3.63, 3.8) is 0 Å². The molecule has 0 heterocycles. The van der Waals surface area contributed by atoms with Gasteiger partial charge in [-0.3, -0.25) is 0 Å². The minimum absolute atomic E-state index is 0.0376. The Hall–Kier alpha value is -2.85. The van der Waals surface area contributed by atoms with Gasteiger partial charge in [-0.15, -0.1) is 0 Å². The van der Waals surface area contributed by atoms with E-state index in [9.17, 15) is 9.90 Å². The Morgan fingerprint density at radius 3 is 2.35 bits per heavy atom. The Morgan fingerprint density at radius 1 is 0.870 bits per heavy atom. The number of rotatable bonds is 4. The molecule has 0 aliphatic heterocycles. The Bertz CT molecular complexity index is 830. The van der Waals surface area contributed by atoms with Gasteiger partial charge >= 0.3 is 6.03 Å². The van der Waals surface area contributed by atoms with Crippen LogP contribution in [0.4, 0.5) is 10.5 Å². The SMILES string of the molecule is O=C(NCc1ccccc1CO)Nc1ccc2ccccc2c1. The van der Waals surface area contributed by atoms with Gasteiger partial charge in [0.2, 0.25) is 0 Å². The van der Waals surface area contributed by atoms with Gasteiger partial charge in [-0.1, -0.05) is 54.6 Å². The lowest BCUT2D eigenvalue weighted by atomic mass is 10.1. The number of carbonyl (C=O) groups excluding carboxylic acids is 1. The Kier molecular flexibility index (Phi) is 4.54. The van der Waals surface area contributed by atoms with E-state index < -0.39 is 0 Å². The molecule has 0 saturated heterocycles. The zero-order valence-corrected chi connectivity index (χ0v) is 12.6. The molecule has 4 nitrogen and oxygen atoms in total. The van der Waals surface area contributed by atoms with Gasteiger partial charge in [0.05, 0.1) is 6.61 Å². The van der Waals surface area contributed by atoms with Crippen molar-refractivity contribution in [1.82, 2.24) is 5.32 Å². The topological polar surface area (TPSA) is 61.4 Å². The van der Waals surface area contributed by atoms with E-state index in [1.807, 2.05) is 66.7 Å². The average molecular weight is 306 g/mol. The number of anilines is 1. The van der Waals surface area contributed by atoms with Crippen LogP contribution >= 0.6 is 0 Å². The third-order valence-electron chi connectivity index (χ3n) is 3.74. The van der Waals surface area contributed by atoms with Crippen molar-refractivity contribution in [2.24, 2.45) is 0 Å². The monoisotopic (exact) mass is 306 g/mol. The summed E-state index contributed by atoms with van der Waals surface area (Å²) in [6.45, 7) is 0.334. The molecule has 3 aromatic rings. The molecule has 23 heavy (non-hydrogen) atoms. The number of fused-ring (bicyclic) bond motifs is 1. The largest absolute Gasteiger partial charge is 0.392 e. The first-order valence-corrected chi connectivity index (χ1v) is 7.47. The van der Waals surface area contributed by atoms with E-state index >= 15 is 0 Å². The van der Waals surface area contributed by atoms with Crippen LogP contribution in [0.15, 0.2) is 66.7 Å². The van der Waals surface area contributed by atoms with Gasteiger partial charge in [-0.05, 0) is 34.0 Å². The molecular weight excluding hydrogens is 288 g/mol. The number of nitrogens with one attached hydrogen (secondary N) is 2. The fourth-order valence-electron chi connectivity index (χ4n) is 2.50. The van der Waals surface area contributed by atoms with Gasteiger partial charge in [0.1, 0.15) is 0 Å². The van der Waals surface area contributed by atoms with Crippen LogP contribution in [0.1, 0.15) is 11.1 Å². The highest BCUT2D eigenvalue weighted by molar-refractivity contribution is 5.93. The molecule has 0 bridgehead atoms. The average Bonchev–Trinajstić information content (AvgIpc) is 2.60. The summed E-state index contributed by atoms with van der Waals surface area (Å²) in [4.78, 5) is 12.0. The van der Waals surface area contributed by atoms with Crippen molar-refractivity contribution in [2.45, 2.75) is 13.2 Å². The van der Waals surface area contributed by atoms with E-state index in [1.165, 1.54) is 0 Å². The second kappa shape index (κ2) is 6.94. The minimum atomic E-state index is -0.270. The molecule has 0 atom stereocenters. The first kappa shape index (κ1) is 15.1. The second-order valence-electron chi connectivity index (χ2n) is 5.30. The number of benzene rings is 3. The molecule has 4 heteroatoms. The summed E-state index contributed by atoms with van der Waals surface area (Å²) in [6, 6.07) is 21.0. The van der Waals surface area contributed by atoms with Crippen LogP contribution in [-0.2, 0) is 13.2 Å². The lowest BCUT2D eigenvalue weighted by Gasteiger charge is -2.10. The van der Waals surface area contributed by atoms with Crippen LogP contribution in [0, 0.1) is 0 Å².